The number of hydrogen-bond acceptors (Lipinski definition) is 4. The van der Waals surface area contributed by atoms with Gasteiger partial charge in [-0.15, -0.1) is 0 Å². The van der Waals surface area contributed by atoms with Crippen LogP contribution in [0.1, 0.15) is 39.5 Å². The maximum Gasteiger partial charge on any atom is 0.196 e. The van der Waals surface area contributed by atoms with E-state index in [1.54, 1.807) is 0 Å². The van der Waals surface area contributed by atoms with E-state index < -0.39 is 0 Å². The van der Waals surface area contributed by atoms with Gasteiger partial charge in [-0.25, -0.2) is 0 Å². The zero-order valence-corrected chi connectivity index (χ0v) is 10.9. The molecule has 0 radical (unpaired) electrons. The molecule has 4 nitrogen and oxygen atoms in total. The first-order valence-corrected chi connectivity index (χ1v) is 6.41. The molecular formula is C13H24O4. The Morgan fingerprint density at radius 3 is 2.94 bits per heavy atom. The zero-order valence-electron chi connectivity index (χ0n) is 10.9. The van der Waals surface area contributed by atoms with E-state index in [-0.39, 0.29) is 12.6 Å². The van der Waals surface area contributed by atoms with E-state index in [9.17, 15) is 0 Å². The van der Waals surface area contributed by atoms with E-state index in [1.807, 2.05) is 13.8 Å². The summed E-state index contributed by atoms with van der Waals surface area (Å²) < 4.78 is 21.8. The van der Waals surface area contributed by atoms with Crippen molar-refractivity contribution in [2.45, 2.75) is 52.1 Å². The molecule has 4 heteroatoms. The molecule has 1 heterocycles. The lowest BCUT2D eigenvalue weighted by molar-refractivity contribution is -0.164. The van der Waals surface area contributed by atoms with Crippen LogP contribution in [-0.4, -0.2) is 32.4 Å². The highest BCUT2D eigenvalue weighted by atomic mass is 16.7. The summed E-state index contributed by atoms with van der Waals surface area (Å²) >= 11 is 0. The molecule has 1 aliphatic rings. The van der Waals surface area contributed by atoms with E-state index in [0.717, 1.165) is 19.4 Å². The van der Waals surface area contributed by atoms with E-state index in [4.69, 9.17) is 18.9 Å². The Morgan fingerprint density at radius 2 is 2.29 bits per heavy atom. The molecule has 17 heavy (non-hydrogen) atoms. The van der Waals surface area contributed by atoms with Crippen LogP contribution in [0.25, 0.3) is 0 Å². The second-order valence-electron chi connectivity index (χ2n) is 4.10. The van der Waals surface area contributed by atoms with E-state index in [2.05, 4.69) is 6.58 Å². The predicted molar refractivity (Wildman–Crippen MR) is 65.5 cm³/mol. The van der Waals surface area contributed by atoms with Gasteiger partial charge in [0.15, 0.2) is 12.6 Å². The van der Waals surface area contributed by atoms with Crippen LogP contribution in [0.15, 0.2) is 12.3 Å². The van der Waals surface area contributed by atoms with Crippen molar-refractivity contribution in [3.05, 3.63) is 12.3 Å². The Labute approximate surface area is 104 Å². The molecule has 100 valence electrons. The lowest BCUT2D eigenvalue weighted by Crippen LogP contribution is -2.23. The van der Waals surface area contributed by atoms with Gasteiger partial charge in [0.2, 0.25) is 0 Å². The summed E-state index contributed by atoms with van der Waals surface area (Å²) in [6.45, 7) is 9.67. The molecule has 0 aromatic carbocycles. The van der Waals surface area contributed by atoms with Crippen molar-refractivity contribution in [2.24, 2.45) is 0 Å². The predicted octanol–water partition coefficient (Wildman–Crippen LogP) is 2.83. The number of hydrogen-bond donors (Lipinski definition) is 0. The van der Waals surface area contributed by atoms with Gasteiger partial charge in [-0.1, -0.05) is 6.58 Å². The first-order chi connectivity index (χ1) is 8.22. The average molecular weight is 244 g/mol. The molecule has 2 unspecified atom stereocenters. The van der Waals surface area contributed by atoms with Crippen LogP contribution < -0.4 is 0 Å². The molecule has 0 saturated carbocycles. The van der Waals surface area contributed by atoms with Crippen molar-refractivity contribution in [1.29, 1.82) is 0 Å². The van der Waals surface area contributed by atoms with Crippen molar-refractivity contribution in [1.82, 2.24) is 0 Å². The smallest absolute Gasteiger partial charge is 0.196 e. The van der Waals surface area contributed by atoms with Gasteiger partial charge in [-0.05, 0) is 33.1 Å². The molecule has 2 atom stereocenters. The summed E-state index contributed by atoms with van der Waals surface area (Å²) in [5.41, 5.74) is 0. The van der Waals surface area contributed by atoms with E-state index >= 15 is 0 Å². The van der Waals surface area contributed by atoms with Gasteiger partial charge >= 0.3 is 0 Å². The van der Waals surface area contributed by atoms with Crippen molar-refractivity contribution < 1.29 is 18.9 Å². The van der Waals surface area contributed by atoms with Crippen molar-refractivity contribution in [2.75, 3.05) is 19.8 Å². The van der Waals surface area contributed by atoms with Gasteiger partial charge in [0.05, 0.1) is 12.4 Å². The minimum Gasteiger partial charge on any atom is -0.470 e. The van der Waals surface area contributed by atoms with Crippen molar-refractivity contribution in [3.8, 4) is 0 Å². The van der Waals surface area contributed by atoms with Crippen LogP contribution in [0, 0.1) is 0 Å². The standard InChI is InChI=1S/C13H24O4/c1-4-14-12(3)17-11(2)8-10-16-13-7-5-6-9-15-13/h12-13H,2,4-10H2,1,3H3. The summed E-state index contributed by atoms with van der Waals surface area (Å²) in [6, 6.07) is 0. The Kier molecular flexibility index (Phi) is 7.24. The molecule has 0 bridgehead atoms. The Bertz CT molecular complexity index is 211. The maximum absolute atomic E-state index is 5.59. The van der Waals surface area contributed by atoms with E-state index in [1.165, 1.54) is 6.42 Å². The monoisotopic (exact) mass is 244 g/mol. The van der Waals surface area contributed by atoms with Gasteiger partial charge in [0.1, 0.15) is 0 Å². The van der Waals surface area contributed by atoms with Crippen LogP contribution >= 0.6 is 0 Å². The first kappa shape index (κ1) is 14.5. The number of ether oxygens (including phenoxy) is 4. The Morgan fingerprint density at radius 1 is 1.47 bits per heavy atom. The summed E-state index contributed by atoms with van der Waals surface area (Å²) in [5, 5.41) is 0. The highest BCUT2D eigenvalue weighted by Crippen LogP contribution is 2.15. The summed E-state index contributed by atoms with van der Waals surface area (Å²) in [6.07, 6.45) is 3.71. The summed E-state index contributed by atoms with van der Waals surface area (Å²) in [4.78, 5) is 0. The quantitative estimate of drug-likeness (QED) is 0.486. The summed E-state index contributed by atoms with van der Waals surface area (Å²) in [7, 11) is 0. The molecule has 1 rings (SSSR count). The fourth-order valence-electron chi connectivity index (χ4n) is 1.71. The minimum atomic E-state index is -0.238. The van der Waals surface area contributed by atoms with Crippen LogP contribution in [0.4, 0.5) is 0 Å². The topological polar surface area (TPSA) is 36.9 Å². The fourth-order valence-corrected chi connectivity index (χ4v) is 1.71. The third-order valence-corrected chi connectivity index (χ3v) is 2.56. The van der Waals surface area contributed by atoms with Gasteiger partial charge in [-0.2, -0.15) is 0 Å². The lowest BCUT2D eigenvalue weighted by atomic mass is 10.2. The van der Waals surface area contributed by atoms with Gasteiger partial charge in [0, 0.05) is 19.6 Å². The van der Waals surface area contributed by atoms with Crippen LogP contribution in [0.3, 0.4) is 0 Å². The molecule has 0 amide bonds. The molecule has 1 fully saturated rings. The zero-order chi connectivity index (χ0) is 12.5. The molecule has 0 aliphatic carbocycles. The first-order valence-electron chi connectivity index (χ1n) is 6.41. The van der Waals surface area contributed by atoms with Crippen molar-refractivity contribution >= 4 is 0 Å². The third-order valence-electron chi connectivity index (χ3n) is 2.56. The fraction of sp³-hybridized carbons (Fsp3) is 0.846. The van der Waals surface area contributed by atoms with Crippen LogP contribution in [-0.2, 0) is 18.9 Å². The molecule has 0 spiro atoms. The second kappa shape index (κ2) is 8.50. The maximum atomic E-state index is 5.59. The van der Waals surface area contributed by atoms with Crippen LogP contribution in [0.5, 0.6) is 0 Å². The molecule has 1 saturated heterocycles. The molecule has 0 aromatic heterocycles. The molecule has 1 aliphatic heterocycles. The molecular weight excluding hydrogens is 220 g/mol. The highest BCUT2D eigenvalue weighted by molar-refractivity contribution is 4.82. The Hall–Kier alpha value is -0.580. The van der Waals surface area contributed by atoms with Crippen molar-refractivity contribution in [3.63, 3.8) is 0 Å². The minimum absolute atomic E-state index is 0.0409. The largest absolute Gasteiger partial charge is 0.470 e. The third kappa shape index (κ3) is 6.66. The molecule has 0 aromatic rings. The van der Waals surface area contributed by atoms with Crippen LogP contribution in [0.2, 0.25) is 0 Å². The SMILES string of the molecule is C=C(CCOC1CCCCO1)OC(C)OCC. The highest BCUT2D eigenvalue weighted by Gasteiger charge is 2.14. The Balaban J connectivity index is 2.03. The van der Waals surface area contributed by atoms with Gasteiger partial charge in [-0.3, -0.25) is 0 Å². The van der Waals surface area contributed by atoms with E-state index in [0.29, 0.717) is 25.4 Å². The second-order valence-corrected chi connectivity index (χ2v) is 4.10. The lowest BCUT2D eigenvalue weighted by Gasteiger charge is -2.23. The average Bonchev–Trinajstić information content (AvgIpc) is 2.30. The normalized spacial score (nSPS) is 22.1. The van der Waals surface area contributed by atoms with Gasteiger partial charge < -0.3 is 18.9 Å². The number of rotatable bonds is 8. The molecule has 0 N–H and O–H groups in total. The van der Waals surface area contributed by atoms with Gasteiger partial charge in [0.25, 0.3) is 0 Å². The summed E-state index contributed by atoms with van der Waals surface area (Å²) in [5.74, 6) is 0.696.